The molecule has 0 bridgehead atoms. The Balaban J connectivity index is 2.97. The fourth-order valence-corrected chi connectivity index (χ4v) is 1.66. The number of nitrogens with zero attached hydrogens (tertiary/aromatic N) is 1. The maximum Gasteiger partial charge on any atom is 0.258 e. The molecule has 1 N–H and O–H groups in total. The smallest absolute Gasteiger partial charge is 0.258 e. The highest BCUT2D eigenvalue weighted by atomic mass is 127. The van der Waals surface area contributed by atoms with E-state index in [1.165, 1.54) is 6.33 Å². The Morgan fingerprint density at radius 3 is 3.00 bits per heavy atom. The molecule has 66 valence electrons. The number of hydrogen-bond donors (Lipinski definition) is 1. The number of aryl methyl sites for hydroxylation is 1. The number of halogens is 1. The first-order valence-electron chi connectivity index (χ1n) is 3.82. The van der Waals surface area contributed by atoms with Crippen LogP contribution >= 0.6 is 22.6 Å². The van der Waals surface area contributed by atoms with Crippen LogP contribution < -0.4 is 5.56 Å². The van der Waals surface area contributed by atoms with Crippen LogP contribution in [0.25, 0.3) is 10.9 Å². The maximum absolute atomic E-state index is 11.3. The van der Waals surface area contributed by atoms with E-state index in [9.17, 15) is 4.79 Å². The number of H-pyrrole nitrogens is 1. The van der Waals surface area contributed by atoms with Crippen molar-refractivity contribution in [2.75, 3.05) is 0 Å². The van der Waals surface area contributed by atoms with Gasteiger partial charge in [-0.2, -0.15) is 0 Å². The molecule has 1 heterocycles. The number of fused-ring (bicyclic) bond motifs is 1. The second kappa shape index (κ2) is 3.10. The van der Waals surface area contributed by atoms with Crippen molar-refractivity contribution >= 4 is 33.5 Å². The van der Waals surface area contributed by atoms with Gasteiger partial charge in [-0.1, -0.05) is 0 Å². The summed E-state index contributed by atoms with van der Waals surface area (Å²) in [6.45, 7) is 2.00. The molecule has 0 spiro atoms. The van der Waals surface area contributed by atoms with Crippen LogP contribution in [0.15, 0.2) is 23.3 Å². The molecular weight excluding hydrogens is 279 g/mol. The standard InChI is InChI=1S/C9H7IN2O/c1-5-2-8-6(3-7(5)10)9(13)12-4-11-8/h2-4H,1H3,(H,11,12,13). The Kier molecular flexibility index (Phi) is 2.07. The van der Waals surface area contributed by atoms with Gasteiger partial charge in [0.1, 0.15) is 0 Å². The van der Waals surface area contributed by atoms with Crippen LogP contribution in [-0.2, 0) is 0 Å². The van der Waals surface area contributed by atoms with Gasteiger partial charge in [-0.25, -0.2) is 4.98 Å². The Morgan fingerprint density at radius 2 is 2.23 bits per heavy atom. The second-order valence-electron chi connectivity index (χ2n) is 2.85. The van der Waals surface area contributed by atoms with Crippen molar-refractivity contribution in [2.45, 2.75) is 6.92 Å². The molecular formula is C9H7IN2O. The lowest BCUT2D eigenvalue weighted by molar-refractivity contribution is 1.17. The number of hydrogen-bond acceptors (Lipinski definition) is 2. The Bertz CT molecular complexity index is 518. The molecule has 2 rings (SSSR count). The van der Waals surface area contributed by atoms with Crippen molar-refractivity contribution in [3.05, 3.63) is 37.9 Å². The topological polar surface area (TPSA) is 45.8 Å². The zero-order valence-corrected chi connectivity index (χ0v) is 9.12. The molecule has 1 aromatic heterocycles. The zero-order chi connectivity index (χ0) is 9.42. The predicted molar refractivity (Wildman–Crippen MR) is 59.8 cm³/mol. The second-order valence-corrected chi connectivity index (χ2v) is 4.01. The first-order chi connectivity index (χ1) is 6.18. The van der Waals surface area contributed by atoms with Crippen molar-refractivity contribution in [2.24, 2.45) is 0 Å². The lowest BCUT2D eigenvalue weighted by Crippen LogP contribution is -2.06. The van der Waals surface area contributed by atoms with Crippen molar-refractivity contribution in [3.8, 4) is 0 Å². The average molecular weight is 286 g/mol. The zero-order valence-electron chi connectivity index (χ0n) is 6.97. The van der Waals surface area contributed by atoms with E-state index in [-0.39, 0.29) is 5.56 Å². The summed E-state index contributed by atoms with van der Waals surface area (Å²) < 4.78 is 1.09. The quantitative estimate of drug-likeness (QED) is 0.751. The minimum Gasteiger partial charge on any atom is -0.313 e. The third-order valence-electron chi connectivity index (χ3n) is 1.92. The van der Waals surface area contributed by atoms with Crippen LogP contribution in [0.3, 0.4) is 0 Å². The average Bonchev–Trinajstić information content (AvgIpc) is 2.09. The minimum absolute atomic E-state index is 0.0806. The van der Waals surface area contributed by atoms with Gasteiger partial charge in [0.15, 0.2) is 0 Å². The SMILES string of the molecule is Cc1cc2nc[nH]c(=O)c2cc1I. The van der Waals surface area contributed by atoms with Crippen LogP contribution in [0.2, 0.25) is 0 Å². The molecule has 13 heavy (non-hydrogen) atoms. The third-order valence-corrected chi connectivity index (χ3v) is 3.08. The van der Waals surface area contributed by atoms with E-state index in [4.69, 9.17) is 0 Å². The van der Waals surface area contributed by atoms with E-state index >= 15 is 0 Å². The fourth-order valence-electron chi connectivity index (χ4n) is 1.19. The highest BCUT2D eigenvalue weighted by Crippen LogP contribution is 2.16. The predicted octanol–water partition coefficient (Wildman–Crippen LogP) is 1.84. The summed E-state index contributed by atoms with van der Waals surface area (Å²) in [5.41, 5.74) is 1.82. The molecule has 1 aromatic carbocycles. The van der Waals surface area contributed by atoms with Gasteiger partial charge in [0.05, 0.1) is 17.2 Å². The molecule has 0 saturated heterocycles. The number of nitrogens with one attached hydrogen (secondary N) is 1. The first-order valence-corrected chi connectivity index (χ1v) is 4.90. The van der Waals surface area contributed by atoms with E-state index in [0.717, 1.165) is 14.7 Å². The van der Waals surface area contributed by atoms with Crippen LogP contribution in [0.1, 0.15) is 5.56 Å². The number of aromatic amines is 1. The summed E-state index contributed by atoms with van der Waals surface area (Å²) in [4.78, 5) is 18.0. The Morgan fingerprint density at radius 1 is 1.46 bits per heavy atom. The van der Waals surface area contributed by atoms with Gasteiger partial charge in [0, 0.05) is 3.57 Å². The van der Waals surface area contributed by atoms with Gasteiger partial charge < -0.3 is 4.98 Å². The molecule has 0 aliphatic rings. The van der Waals surface area contributed by atoms with E-state index < -0.39 is 0 Å². The molecule has 0 unspecified atom stereocenters. The molecule has 0 saturated carbocycles. The van der Waals surface area contributed by atoms with Gasteiger partial charge in [0.25, 0.3) is 5.56 Å². The van der Waals surface area contributed by atoms with Gasteiger partial charge in [-0.15, -0.1) is 0 Å². The Labute approximate surface area is 88.3 Å². The molecule has 0 aliphatic carbocycles. The molecule has 0 atom stereocenters. The van der Waals surface area contributed by atoms with E-state index in [2.05, 4.69) is 32.6 Å². The van der Waals surface area contributed by atoms with E-state index in [0.29, 0.717) is 5.39 Å². The first kappa shape index (κ1) is 8.68. The van der Waals surface area contributed by atoms with Crippen LogP contribution in [0.4, 0.5) is 0 Å². The lowest BCUT2D eigenvalue weighted by Gasteiger charge is -1.99. The summed E-state index contributed by atoms with van der Waals surface area (Å²) in [6, 6.07) is 3.78. The third kappa shape index (κ3) is 1.46. The minimum atomic E-state index is -0.0806. The summed E-state index contributed by atoms with van der Waals surface area (Å²) in [5, 5.41) is 0.650. The summed E-state index contributed by atoms with van der Waals surface area (Å²) in [6.07, 6.45) is 1.43. The Hall–Kier alpha value is -0.910. The highest BCUT2D eigenvalue weighted by molar-refractivity contribution is 14.1. The molecule has 0 fully saturated rings. The van der Waals surface area contributed by atoms with Gasteiger partial charge >= 0.3 is 0 Å². The number of benzene rings is 1. The van der Waals surface area contributed by atoms with Gasteiger partial charge in [-0.3, -0.25) is 4.79 Å². The van der Waals surface area contributed by atoms with Crippen LogP contribution in [-0.4, -0.2) is 9.97 Å². The molecule has 0 amide bonds. The van der Waals surface area contributed by atoms with Crippen molar-refractivity contribution in [1.82, 2.24) is 9.97 Å². The van der Waals surface area contributed by atoms with E-state index in [1.54, 1.807) is 0 Å². The summed E-state index contributed by atoms with van der Waals surface area (Å²) in [5.74, 6) is 0. The molecule has 0 radical (unpaired) electrons. The lowest BCUT2D eigenvalue weighted by atomic mass is 10.2. The van der Waals surface area contributed by atoms with Crippen molar-refractivity contribution < 1.29 is 0 Å². The molecule has 0 aliphatic heterocycles. The maximum atomic E-state index is 11.3. The number of rotatable bonds is 0. The van der Waals surface area contributed by atoms with Crippen molar-refractivity contribution in [1.29, 1.82) is 0 Å². The monoisotopic (exact) mass is 286 g/mol. The number of aromatic nitrogens is 2. The van der Waals surface area contributed by atoms with Crippen molar-refractivity contribution in [3.63, 3.8) is 0 Å². The normalized spacial score (nSPS) is 10.6. The highest BCUT2D eigenvalue weighted by Gasteiger charge is 2.02. The van der Waals surface area contributed by atoms with Gasteiger partial charge in [0.2, 0.25) is 0 Å². The molecule has 2 aromatic rings. The largest absolute Gasteiger partial charge is 0.313 e. The summed E-state index contributed by atoms with van der Waals surface area (Å²) >= 11 is 2.21. The fraction of sp³-hybridized carbons (Fsp3) is 0.111. The van der Waals surface area contributed by atoms with Gasteiger partial charge in [-0.05, 0) is 47.2 Å². The van der Waals surface area contributed by atoms with Crippen LogP contribution in [0, 0.1) is 10.5 Å². The molecule has 3 nitrogen and oxygen atoms in total. The van der Waals surface area contributed by atoms with Crippen LogP contribution in [0.5, 0.6) is 0 Å². The summed E-state index contributed by atoms with van der Waals surface area (Å²) in [7, 11) is 0. The van der Waals surface area contributed by atoms with E-state index in [1.807, 2.05) is 19.1 Å². The molecule has 4 heteroatoms.